The van der Waals surface area contributed by atoms with Gasteiger partial charge in [0, 0.05) is 12.1 Å². The molecule has 0 spiro atoms. The van der Waals surface area contributed by atoms with E-state index in [2.05, 4.69) is 15.3 Å². The number of nitrogens with one attached hydrogen (secondary N) is 1. The fraction of sp³-hybridized carbons (Fsp3) is 0.692. The maximum Gasteiger partial charge on any atom is 0.433 e. The van der Waals surface area contributed by atoms with Gasteiger partial charge in [0.05, 0.1) is 0 Å². The molecule has 1 heterocycles. The fourth-order valence-corrected chi connectivity index (χ4v) is 4.51. The highest BCUT2D eigenvalue weighted by atomic mass is 35.5. The lowest BCUT2D eigenvalue weighted by Crippen LogP contribution is -2.16. The molecule has 20 heavy (non-hydrogen) atoms. The Morgan fingerprint density at radius 3 is 2.40 bits per heavy atom. The minimum absolute atomic E-state index is 0.191. The lowest BCUT2D eigenvalue weighted by Gasteiger charge is -2.13. The van der Waals surface area contributed by atoms with Crippen LogP contribution in [-0.4, -0.2) is 16.0 Å². The molecular formula is C13H13ClF3N3. The van der Waals surface area contributed by atoms with Gasteiger partial charge in [-0.05, 0) is 54.5 Å². The normalized spacial score (nSPS) is 37.9. The van der Waals surface area contributed by atoms with E-state index in [4.69, 9.17) is 11.6 Å². The molecule has 1 aromatic heterocycles. The molecule has 0 aromatic carbocycles. The second kappa shape index (κ2) is 4.00. The number of rotatable bonds is 2. The Balaban J connectivity index is 1.54. The highest BCUT2D eigenvalue weighted by Gasteiger charge is 2.65. The topological polar surface area (TPSA) is 37.8 Å². The van der Waals surface area contributed by atoms with Crippen molar-refractivity contribution in [1.82, 2.24) is 9.97 Å². The van der Waals surface area contributed by atoms with E-state index in [9.17, 15) is 13.2 Å². The van der Waals surface area contributed by atoms with Gasteiger partial charge in [0.25, 0.3) is 0 Å². The van der Waals surface area contributed by atoms with Gasteiger partial charge < -0.3 is 5.32 Å². The Bertz CT molecular complexity index is 546. The fourth-order valence-electron chi connectivity index (χ4n) is 4.33. The summed E-state index contributed by atoms with van der Waals surface area (Å²) in [6, 6.07) is 1.22. The van der Waals surface area contributed by atoms with Crippen molar-refractivity contribution >= 4 is 17.4 Å². The monoisotopic (exact) mass is 303 g/mol. The van der Waals surface area contributed by atoms with Gasteiger partial charge in [-0.3, -0.25) is 0 Å². The van der Waals surface area contributed by atoms with E-state index in [1.165, 1.54) is 19.3 Å². The number of alkyl halides is 3. The van der Waals surface area contributed by atoms with E-state index in [1.54, 1.807) is 0 Å². The summed E-state index contributed by atoms with van der Waals surface area (Å²) in [4.78, 5) is 7.11. The largest absolute Gasteiger partial charge is 0.433 e. The highest BCUT2D eigenvalue weighted by molar-refractivity contribution is 6.28. The van der Waals surface area contributed by atoms with Crippen LogP contribution in [0, 0.1) is 23.7 Å². The summed E-state index contributed by atoms with van der Waals surface area (Å²) in [7, 11) is 0. The molecule has 0 saturated heterocycles. The van der Waals surface area contributed by atoms with Crippen molar-refractivity contribution in [2.24, 2.45) is 23.7 Å². The number of anilines is 1. The Morgan fingerprint density at radius 1 is 1.15 bits per heavy atom. The molecule has 3 aliphatic carbocycles. The van der Waals surface area contributed by atoms with Crippen molar-refractivity contribution < 1.29 is 13.2 Å². The zero-order valence-electron chi connectivity index (χ0n) is 10.5. The zero-order valence-corrected chi connectivity index (χ0v) is 11.2. The van der Waals surface area contributed by atoms with Crippen molar-refractivity contribution in [3.8, 4) is 0 Å². The van der Waals surface area contributed by atoms with Crippen LogP contribution in [0.15, 0.2) is 6.07 Å². The van der Waals surface area contributed by atoms with E-state index in [1.807, 2.05) is 0 Å². The number of hydrogen-bond acceptors (Lipinski definition) is 3. The first kappa shape index (κ1) is 12.7. The van der Waals surface area contributed by atoms with Gasteiger partial charge in [0.2, 0.25) is 5.28 Å². The van der Waals surface area contributed by atoms with Crippen molar-refractivity contribution in [3.05, 3.63) is 17.0 Å². The number of fused-ring (bicyclic) bond motifs is 5. The Hall–Kier alpha value is -1.04. The Labute approximate surface area is 118 Å². The molecule has 4 atom stereocenters. The minimum Gasteiger partial charge on any atom is -0.367 e. The summed E-state index contributed by atoms with van der Waals surface area (Å²) in [5.74, 6) is 2.94. The van der Waals surface area contributed by atoms with Crippen LogP contribution < -0.4 is 5.32 Å². The van der Waals surface area contributed by atoms with Gasteiger partial charge in [-0.2, -0.15) is 13.2 Å². The average Bonchev–Trinajstić information content (AvgIpc) is 2.77. The summed E-state index contributed by atoms with van der Waals surface area (Å²) < 4.78 is 38.1. The maximum atomic E-state index is 12.7. The van der Waals surface area contributed by atoms with Crippen LogP contribution in [0.4, 0.5) is 19.0 Å². The second-order valence-corrected chi connectivity index (χ2v) is 6.40. The van der Waals surface area contributed by atoms with E-state index >= 15 is 0 Å². The zero-order chi connectivity index (χ0) is 14.1. The molecule has 4 rings (SSSR count). The summed E-state index contributed by atoms with van der Waals surface area (Å²) in [6.45, 7) is 0. The third-order valence-corrected chi connectivity index (χ3v) is 5.21. The van der Waals surface area contributed by atoms with Gasteiger partial charge in [-0.25, -0.2) is 9.97 Å². The van der Waals surface area contributed by atoms with E-state index in [-0.39, 0.29) is 17.1 Å². The molecular weight excluding hydrogens is 291 g/mol. The first-order valence-corrected chi connectivity index (χ1v) is 7.19. The molecule has 3 saturated carbocycles. The molecule has 3 aliphatic rings. The molecule has 1 aromatic rings. The summed E-state index contributed by atoms with van der Waals surface area (Å²) in [5.41, 5.74) is -0.992. The van der Waals surface area contributed by atoms with Crippen molar-refractivity contribution in [2.45, 2.75) is 31.5 Å². The van der Waals surface area contributed by atoms with Gasteiger partial charge in [0.1, 0.15) is 5.82 Å². The maximum absolute atomic E-state index is 12.7. The number of nitrogens with zero attached hydrogens (tertiary/aromatic N) is 2. The molecule has 0 amide bonds. The van der Waals surface area contributed by atoms with Crippen LogP contribution >= 0.6 is 11.6 Å². The molecule has 2 bridgehead atoms. The van der Waals surface area contributed by atoms with Crippen LogP contribution in [0.1, 0.15) is 25.0 Å². The molecule has 3 fully saturated rings. The minimum atomic E-state index is -4.50. The van der Waals surface area contributed by atoms with Crippen molar-refractivity contribution in [1.29, 1.82) is 0 Å². The summed E-state index contributed by atoms with van der Waals surface area (Å²) in [5, 5.41) is 2.77. The molecule has 1 N–H and O–H groups in total. The first-order chi connectivity index (χ1) is 9.43. The van der Waals surface area contributed by atoms with Crippen LogP contribution in [0.2, 0.25) is 5.28 Å². The van der Waals surface area contributed by atoms with Crippen molar-refractivity contribution in [3.63, 3.8) is 0 Å². The van der Waals surface area contributed by atoms with Crippen LogP contribution in [-0.2, 0) is 6.18 Å². The van der Waals surface area contributed by atoms with Crippen LogP contribution in [0.25, 0.3) is 0 Å². The van der Waals surface area contributed by atoms with Crippen LogP contribution in [0.5, 0.6) is 0 Å². The summed E-state index contributed by atoms with van der Waals surface area (Å²) in [6.07, 6.45) is -0.669. The highest BCUT2D eigenvalue weighted by Crippen LogP contribution is 2.66. The molecule has 0 radical (unpaired) electrons. The van der Waals surface area contributed by atoms with E-state index in [0.29, 0.717) is 11.8 Å². The number of hydrogen-bond donors (Lipinski definition) is 1. The van der Waals surface area contributed by atoms with Gasteiger partial charge >= 0.3 is 6.18 Å². The standard InChI is InChI=1S/C13H13ClF3N3/c14-12-18-7(13(15,16)17)4-8(20-12)19-11-9-5-1-2-6(3-5)10(9)11/h4-6,9-11H,1-3H2,(H,18,19,20). The summed E-state index contributed by atoms with van der Waals surface area (Å²) >= 11 is 5.59. The SMILES string of the molecule is FC(F)(F)c1cc(NC2C3C4CCC(C4)C23)nc(Cl)n1. The van der Waals surface area contributed by atoms with Gasteiger partial charge in [-0.15, -0.1) is 0 Å². The third kappa shape index (κ3) is 1.88. The molecule has 4 unspecified atom stereocenters. The van der Waals surface area contributed by atoms with Gasteiger partial charge in [-0.1, -0.05) is 0 Å². The second-order valence-electron chi connectivity index (χ2n) is 6.06. The molecule has 3 nitrogen and oxygen atoms in total. The smallest absolute Gasteiger partial charge is 0.367 e. The van der Waals surface area contributed by atoms with Crippen LogP contribution in [0.3, 0.4) is 0 Å². The van der Waals surface area contributed by atoms with E-state index < -0.39 is 11.9 Å². The van der Waals surface area contributed by atoms with E-state index in [0.717, 1.165) is 17.9 Å². The average molecular weight is 304 g/mol. The third-order valence-electron chi connectivity index (χ3n) is 5.04. The van der Waals surface area contributed by atoms with Gasteiger partial charge in [0.15, 0.2) is 5.69 Å². The lowest BCUT2D eigenvalue weighted by atomic mass is 10.0. The quantitative estimate of drug-likeness (QED) is 0.848. The Morgan fingerprint density at radius 2 is 1.80 bits per heavy atom. The number of aromatic nitrogens is 2. The first-order valence-electron chi connectivity index (χ1n) is 6.82. The van der Waals surface area contributed by atoms with Crippen molar-refractivity contribution in [2.75, 3.05) is 5.32 Å². The molecule has 7 heteroatoms. The predicted octanol–water partition coefficient (Wildman–Crippen LogP) is 3.61. The lowest BCUT2D eigenvalue weighted by molar-refractivity contribution is -0.141. The predicted molar refractivity (Wildman–Crippen MR) is 67.3 cm³/mol. The molecule has 0 aliphatic heterocycles. The Kier molecular flexibility index (Phi) is 2.53. The number of halogens is 4. The molecule has 108 valence electrons.